The van der Waals surface area contributed by atoms with Crippen molar-refractivity contribution in [3.05, 3.63) is 18.2 Å². The summed E-state index contributed by atoms with van der Waals surface area (Å²) in [6.07, 6.45) is 38.5. The van der Waals surface area contributed by atoms with Crippen LogP contribution in [-0.2, 0) is 19.5 Å². The molecule has 0 N–H and O–H groups in total. The summed E-state index contributed by atoms with van der Waals surface area (Å²) in [5.74, 6) is 1.60. The molecule has 1 rings (SSSR count). The molecule has 0 aliphatic heterocycles. The zero-order valence-corrected chi connectivity index (χ0v) is 23.9. The Kier molecular flexibility index (Phi) is 22.0. The number of imidazole rings is 1. The minimum atomic E-state index is 1.22. The van der Waals surface area contributed by atoms with Crippen LogP contribution in [0.4, 0.5) is 0 Å². The van der Waals surface area contributed by atoms with E-state index in [0.717, 1.165) is 0 Å². The summed E-state index contributed by atoms with van der Waals surface area (Å²) in [6.45, 7) is 9.37. The number of aryl methyl sites for hydroxylation is 2. The average Bonchev–Trinajstić information content (AvgIpc) is 3.23. The molecule has 34 heavy (non-hydrogen) atoms. The fourth-order valence-electron chi connectivity index (χ4n) is 5.26. The van der Waals surface area contributed by atoms with E-state index in [1.54, 1.807) is 5.82 Å². The molecule has 2 heteroatoms. The predicted octanol–water partition coefficient (Wildman–Crippen LogP) is 10.4. The molecule has 200 valence electrons. The highest BCUT2D eigenvalue weighted by Gasteiger charge is 2.16. The molecule has 0 saturated carbocycles. The second-order valence-corrected chi connectivity index (χ2v) is 10.9. The lowest BCUT2D eigenvalue weighted by Crippen LogP contribution is -2.37. The highest BCUT2D eigenvalue weighted by atomic mass is 15.1. The Labute approximate surface area is 215 Å². The summed E-state index contributed by atoms with van der Waals surface area (Å²) < 4.78 is 5.19. The van der Waals surface area contributed by atoms with Crippen molar-refractivity contribution in [3.8, 4) is 0 Å². The lowest BCUT2D eigenvalue weighted by atomic mass is 10.0. The van der Waals surface area contributed by atoms with Crippen LogP contribution in [0.2, 0.25) is 0 Å². The van der Waals surface area contributed by atoms with Crippen molar-refractivity contribution in [1.29, 1.82) is 0 Å². The van der Waals surface area contributed by atoms with Crippen LogP contribution in [0.25, 0.3) is 0 Å². The van der Waals surface area contributed by atoms with Crippen LogP contribution in [0.1, 0.15) is 174 Å². The summed E-state index contributed by atoms with van der Waals surface area (Å²) in [5.41, 5.74) is 0. The van der Waals surface area contributed by atoms with Crippen molar-refractivity contribution in [2.24, 2.45) is 0 Å². The maximum atomic E-state index is 2.60. The Morgan fingerprint density at radius 1 is 0.500 bits per heavy atom. The van der Waals surface area contributed by atoms with Crippen molar-refractivity contribution in [2.45, 2.75) is 188 Å². The number of unbranched alkanes of at least 4 members (excludes halogenated alkanes) is 20. The van der Waals surface area contributed by atoms with E-state index >= 15 is 0 Å². The fourth-order valence-corrected chi connectivity index (χ4v) is 5.26. The fraction of sp³-hybridized carbons (Fsp3) is 0.906. The van der Waals surface area contributed by atoms with Crippen molar-refractivity contribution in [3.63, 3.8) is 0 Å². The molecule has 0 saturated heterocycles. The van der Waals surface area contributed by atoms with Gasteiger partial charge in [0.1, 0.15) is 12.4 Å². The first-order chi connectivity index (χ1) is 16.8. The summed E-state index contributed by atoms with van der Waals surface area (Å²) in [4.78, 5) is 0. The van der Waals surface area contributed by atoms with Gasteiger partial charge in [0.2, 0.25) is 0 Å². The molecule has 0 amide bonds. The van der Waals surface area contributed by atoms with Gasteiger partial charge >= 0.3 is 0 Å². The van der Waals surface area contributed by atoms with Gasteiger partial charge in [-0.3, -0.25) is 0 Å². The van der Waals surface area contributed by atoms with Crippen LogP contribution in [0, 0.1) is 0 Å². The average molecular weight is 476 g/mol. The first-order valence-electron chi connectivity index (χ1n) is 15.9. The Hall–Kier alpha value is -0.790. The third-order valence-corrected chi connectivity index (χ3v) is 7.60. The molecule has 0 bridgehead atoms. The monoisotopic (exact) mass is 475 g/mol. The van der Waals surface area contributed by atoms with Gasteiger partial charge in [-0.2, -0.15) is 0 Å². The van der Waals surface area contributed by atoms with E-state index in [0.29, 0.717) is 0 Å². The standard InChI is InChI=1S/C32H63N2/c1-4-7-10-13-15-16-17-18-19-20-21-23-26-29-34-31-30-33(28-25-12-9-6-3)32(34)27-24-22-14-11-8-5-2/h30-31H,4-29H2,1-3H3/q+1. The zero-order chi connectivity index (χ0) is 24.5. The number of hydrogen-bond donors (Lipinski definition) is 0. The topological polar surface area (TPSA) is 8.81 Å². The minimum Gasteiger partial charge on any atom is -0.234 e. The lowest BCUT2D eigenvalue weighted by molar-refractivity contribution is -0.704. The molecule has 0 unspecified atom stereocenters. The summed E-state index contributed by atoms with van der Waals surface area (Å²) >= 11 is 0. The van der Waals surface area contributed by atoms with Gasteiger partial charge in [0.25, 0.3) is 5.82 Å². The Morgan fingerprint density at radius 2 is 0.912 bits per heavy atom. The third-order valence-electron chi connectivity index (χ3n) is 7.60. The van der Waals surface area contributed by atoms with Gasteiger partial charge in [0.05, 0.1) is 13.1 Å². The van der Waals surface area contributed by atoms with E-state index in [4.69, 9.17) is 0 Å². The summed E-state index contributed by atoms with van der Waals surface area (Å²) in [7, 11) is 0. The molecule has 0 radical (unpaired) electrons. The predicted molar refractivity (Wildman–Crippen MR) is 152 cm³/mol. The van der Waals surface area contributed by atoms with Crippen molar-refractivity contribution in [2.75, 3.05) is 0 Å². The largest absolute Gasteiger partial charge is 0.256 e. The van der Waals surface area contributed by atoms with Crippen LogP contribution in [0.3, 0.4) is 0 Å². The van der Waals surface area contributed by atoms with Gasteiger partial charge in [-0.25, -0.2) is 9.13 Å². The van der Waals surface area contributed by atoms with E-state index in [1.165, 1.54) is 167 Å². The minimum absolute atomic E-state index is 1.22. The third kappa shape index (κ3) is 16.8. The Morgan fingerprint density at radius 3 is 1.41 bits per heavy atom. The quantitative estimate of drug-likeness (QED) is 0.0930. The normalized spacial score (nSPS) is 11.5. The molecule has 0 aliphatic carbocycles. The highest BCUT2D eigenvalue weighted by molar-refractivity contribution is 4.84. The number of nitrogens with zero attached hydrogens (tertiary/aromatic N) is 2. The summed E-state index contributed by atoms with van der Waals surface area (Å²) in [6, 6.07) is 0. The summed E-state index contributed by atoms with van der Waals surface area (Å²) in [5, 5.41) is 0. The molecule has 1 aromatic rings. The Bertz CT molecular complexity index is 533. The Balaban J connectivity index is 2.23. The molecule has 1 heterocycles. The molecular formula is C32H63N2+. The maximum absolute atomic E-state index is 2.60. The molecular weight excluding hydrogens is 412 g/mol. The molecule has 0 spiro atoms. The highest BCUT2D eigenvalue weighted by Crippen LogP contribution is 2.13. The molecule has 0 aliphatic rings. The van der Waals surface area contributed by atoms with E-state index in [-0.39, 0.29) is 0 Å². The van der Waals surface area contributed by atoms with Gasteiger partial charge in [-0.15, -0.1) is 0 Å². The second-order valence-electron chi connectivity index (χ2n) is 10.9. The maximum Gasteiger partial charge on any atom is 0.256 e. The van der Waals surface area contributed by atoms with Crippen LogP contribution in [0.5, 0.6) is 0 Å². The first-order valence-corrected chi connectivity index (χ1v) is 15.9. The lowest BCUT2D eigenvalue weighted by Gasteiger charge is -2.07. The number of hydrogen-bond acceptors (Lipinski definition) is 0. The zero-order valence-electron chi connectivity index (χ0n) is 23.9. The van der Waals surface area contributed by atoms with Crippen LogP contribution < -0.4 is 4.57 Å². The molecule has 2 nitrogen and oxygen atoms in total. The van der Waals surface area contributed by atoms with E-state index in [9.17, 15) is 0 Å². The smallest absolute Gasteiger partial charge is 0.234 e. The first kappa shape index (κ1) is 31.2. The van der Waals surface area contributed by atoms with Gasteiger partial charge in [0, 0.05) is 6.42 Å². The van der Waals surface area contributed by atoms with Gasteiger partial charge in [0.15, 0.2) is 0 Å². The molecule has 0 fully saturated rings. The van der Waals surface area contributed by atoms with Crippen LogP contribution in [0.15, 0.2) is 12.4 Å². The SMILES string of the molecule is CCCCCCCCCCCCCCC[n+]1ccn(CCCCCC)c1CCCCCCCC. The molecule has 0 aromatic carbocycles. The molecule has 1 aromatic heterocycles. The van der Waals surface area contributed by atoms with E-state index in [2.05, 4.69) is 42.3 Å². The van der Waals surface area contributed by atoms with E-state index in [1.807, 2.05) is 0 Å². The number of aromatic nitrogens is 2. The van der Waals surface area contributed by atoms with Crippen LogP contribution >= 0.6 is 0 Å². The van der Waals surface area contributed by atoms with Gasteiger partial charge < -0.3 is 0 Å². The second kappa shape index (κ2) is 23.9. The van der Waals surface area contributed by atoms with Crippen molar-refractivity contribution >= 4 is 0 Å². The van der Waals surface area contributed by atoms with E-state index < -0.39 is 0 Å². The van der Waals surface area contributed by atoms with Crippen molar-refractivity contribution < 1.29 is 4.57 Å². The van der Waals surface area contributed by atoms with Gasteiger partial charge in [-0.05, 0) is 32.1 Å². The molecule has 0 atom stereocenters. The number of rotatable bonds is 26. The van der Waals surface area contributed by atoms with Crippen LogP contribution in [-0.4, -0.2) is 4.57 Å². The van der Waals surface area contributed by atoms with Gasteiger partial charge in [-0.1, -0.05) is 136 Å². The van der Waals surface area contributed by atoms with Crippen molar-refractivity contribution in [1.82, 2.24) is 4.57 Å².